The van der Waals surface area contributed by atoms with Gasteiger partial charge in [-0.05, 0) is 27.2 Å². The SMILES string of the molecule is CCC#N.COC(=O)CCC(NC(=O)OC(C)(C)C)C(=O)OC. The second-order valence-electron chi connectivity index (χ2n) is 5.35. The fourth-order valence-electron chi connectivity index (χ4n) is 1.21. The summed E-state index contributed by atoms with van der Waals surface area (Å²) in [6, 6.07) is 0.985. The van der Waals surface area contributed by atoms with Crippen molar-refractivity contribution in [2.24, 2.45) is 0 Å². The molecule has 0 aliphatic heterocycles. The van der Waals surface area contributed by atoms with Gasteiger partial charge in [0.15, 0.2) is 0 Å². The zero-order valence-corrected chi connectivity index (χ0v) is 14.6. The van der Waals surface area contributed by atoms with Gasteiger partial charge in [0.1, 0.15) is 11.6 Å². The van der Waals surface area contributed by atoms with Crippen LogP contribution in [0.2, 0.25) is 0 Å². The predicted octanol–water partition coefficient (Wildman–Crippen LogP) is 1.93. The van der Waals surface area contributed by atoms with E-state index in [1.165, 1.54) is 14.2 Å². The van der Waals surface area contributed by atoms with Gasteiger partial charge in [0.25, 0.3) is 0 Å². The highest BCUT2D eigenvalue weighted by Crippen LogP contribution is 2.08. The second-order valence-corrected chi connectivity index (χ2v) is 5.35. The Morgan fingerprint density at radius 2 is 1.70 bits per heavy atom. The fourth-order valence-corrected chi connectivity index (χ4v) is 1.21. The first-order chi connectivity index (χ1) is 10.6. The number of amides is 1. The number of hydrogen-bond acceptors (Lipinski definition) is 7. The molecular formula is C15H26N2O6. The van der Waals surface area contributed by atoms with Gasteiger partial charge >= 0.3 is 18.0 Å². The summed E-state index contributed by atoms with van der Waals surface area (Å²) in [7, 11) is 2.45. The highest BCUT2D eigenvalue weighted by atomic mass is 16.6. The van der Waals surface area contributed by atoms with Crippen LogP contribution in [-0.2, 0) is 23.8 Å². The first-order valence-electron chi connectivity index (χ1n) is 7.12. The van der Waals surface area contributed by atoms with Crippen molar-refractivity contribution in [1.82, 2.24) is 5.32 Å². The number of nitriles is 1. The number of carbonyl (C=O) groups is 3. The van der Waals surface area contributed by atoms with Crippen LogP contribution in [0.15, 0.2) is 0 Å². The van der Waals surface area contributed by atoms with E-state index in [0.29, 0.717) is 6.42 Å². The average Bonchev–Trinajstić information content (AvgIpc) is 2.48. The largest absolute Gasteiger partial charge is 0.469 e. The standard InChI is InChI=1S/C12H21NO6.C3H5N/c1-12(2,3)19-11(16)13-8(10(15)18-5)6-7-9(14)17-4;1-2-3-4/h8H,6-7H2,1-5H3,(H,13,16);2H2,1H3. The molecule has 0 aromatic rings. The Bertz CT molecular complexity index is 423. The van der Waals surface area contributed by atoms with E-state index in [0.717, 1.165) is 0 Å². The molecule has 8 heteroatoms. The summed E-state index contributed by atoms with van der Waals surface area (Å²) in [5, 5.41) is 9.99. The third-order valence-electron chi connectivity index (χ3n) is 2.20. The lowest BCUT2D eigenvalue weighted by atomic mass is 10.1. The van der Waals surface area contributed by atoms with Gasteiger partial charge in [-0.1, -0.05) is 6.92 Å². The van der Waals surface area contributed by atoms with Gasteiger partial charge in [-0.15, -0.1) is 0 Å². The third-order valence-corrected chi connectivity index (χ3v) is 2.20. The molecule has 1 atom stereocenters. The van der Waals surface area contributed by atoms with E-state index in [1.54, 1.807) is 20.8 Å². The van der Waals surface area contributed by atoms with Crippen molar-refractivity contribution in [2.75, 3.05) is 14.2 Å². The highest BCUT2D eigenvalue weighted by molar-refractivity contribution is 5.82. The van der Waals surface area contributed by atoms with Gasteiger partial charge in [0.05, 0.1) is 20.3 Å². The minimum absolute atomic E-state index is 0.00787. The molecule has 0 aliphatic carbocycles. The fraction of sp³-hybridized carbons (Fsp3) is 0.733. The summed E-state index contributed by atoms with van der Waals surface area (Å²) >= 11 is 0. The number of esters is 2. The van der Waals surface area contributed by atoms with E-state index in [9.17, 15) is 14.4 Å². The highest BCUT2D eigenvalue weighted by Gasteiger charge is 2.25. The van der Waals surface area contributed by atoms with Gasteiger partial charge in [-0.2, -0.15) is 5.26 Å². The molecular weight excluding hydrogens is 304 g/mol. The first kappa shape index (κ1) is 23.0. The van der Waals surface area contributed by atoms with Crippen molar-refractivity contribution in [3.8, 4) is 6.07 Å². The molecule has 132 valence electrons. The predicted molar refractivity (Wildman–Crippen MR) is 82.3 cm³/mol. The Labute approximate surface area is 137 Å². The molecule has 1 unspecified atom stereocenters. The van der Waals surface area contributed by atoms with Gasteiger partial charge in [0, 0.05) is 12.8 Å². The Hall–Kier alpha value is -2.30. The van der Waals surface area contributed by atoms with Gasteiger partial charge in [0.2, 0.25) is 0 Å². The number of ether oxygens (including phenoxy) is 3. The van der Waals surface area contributed by atoms with E-state index in [1.807, 2.05) is 13.0 Å². The molecule has 0 aromatic carbocycles. The quantitative estimate of drug-likeness (QED) is 0.605. The van der Waals surface area contributed by atoms with Crippen LogP contribution in [-0.4, -0.2) is 43.9 Å². The lowest BCUT2D eigenvalue weighted by Crippen LogP contribution is -2.44. The lowest BCUT2D eigenvalue weighted by Gasteiger charge is -2.22. The molecule has 0 aliphatic rings. The van der Waals surface area contributed by atoms with E-state index in [-0.39, 0.29) is 12.8 Å². The molecule has 1 amide bonds. The molecule has 23 heavy (non-hydrogen) atoms. The van der Waals surface area contributed by atoms with Crippen molar-refractivity contribution in [3.63, 3.8) is 0 Å². The first-order valence-corrected chi connectivity index (χ1v) is 7.12. The summed E-state index contributed by atoms with van der Waals surface area (Å²) in [4.78, 5) is 34.0. The van der Waals surface area contributed by atoms with Crippen LogP contribution in [0.25, 0.3) is 0 Å². The maximum atomic E-state index is 11.5. The van der Waals surface area contributed by atoms with Crippen LogP contribution in [0, 0.1) is 11.3 Å². The average molecular weight is 330 g/mol. The van der Waals surface area contributed by atoms with Gasteiger partial charge in [-0.25, -0.2) is 9.59 Å². The number of alkyl carbamates (subject to hydrolysis) is 1. The Balaban J connectivity index is 0. The molecule has 1 N–H and O–H groups in total. The number of methoxy groups -OCH3 is 2. The summed E-state index contributed by atoms with van der Waals surface area (Å²) in [5.74, 6) is -1.12. The molecule has 0 saturated carbocycles. The number of rotatable bonds is 5. The lowest BCUT2D eigenvalue weighted by molar-refractivity contribution is -0.144. The summed E-state index contributed by atoms with van der Waals surface area (Å²) in [6.07, 6.45) is -0.0437. The molecule has 0 heterocycles. The Kier molecular flexibility index (Phi) is 12.3. The van der Waals surface area contributed by atoms with Gasteiger partial charge in [-0.3, -0.25) is 4.79 Å². The molecule has 0 radical (unpaired) electrons. The minimum Gasteiger partial charge on any atom is -0.469 e. The van der Waals surface area contributed by atoms with Crippen LogP contribution >= 0.6 is 0 Å². The van der Waals surface area contributed by atoms with Crippen molar-refractivity contribution in [1.29, 1.82) is 5.26 Å². The summed E-state index contributed by atoms with van der Waals surface area (Å²) in [6.45, 7) is 6.93. The smallest absolute Gasteiger partial charge is 0.408 e. The molecule has 0 aromatic heterocycles. The van der Waals surface area contributed by atoms with E-state index in [4.69, 9.17) is 10.00 Å². The topological polar surface area (TPSA) is 115 Å². The Morgan fingerprint density at radius 1 is 1.17 bits per heavy atom. The van der Waals surface area contributed by atoms with E-state index < -0.39 is 29.7 Å². The number of nitrogens with zero attached hydrogens (tertiary/aromatic N) is 1. The third kappa shape index (κ3) is 14.4. The van der Waals surface area contributed by atoms with Gasteiger partial charge < -0.3 is 19.5 Å². The molecule has 0 rings (SSSR count). The second kappa shape index (κ2) is 12.3. The number of carbonyl (C=O) groups excluding carboxylic acids is 3. The van der Waals surface area contributed by atoms with Crippen molar-refractivity contribution in [2.45, 2.75) is 58.6 Å². The maximum Gasteiger partial charge on any atom is 0.408 e. The maximum absolute atomic E-state index is 11.5. The molecule has 8 nitrogen and oxygen atoms in total. The number of hydrogen-bond donors (Lipinski definition) is 1. The minimum atomic E-state index is -0.945. The van der Waals surface area contributed by atoms with Crippen LogP contribution < -0.4 is 5.32 Å². The molecule has 0 bridgehead atoms. The zero-order chi connectivity index (χ0) is 18.5. The van der Waals surface area contributed by atoms with Crippen molar-refractivity contribution >= 4 is 18.0 Å². The molecule has 0 spiro atoms. The van der Waals surface area contributed by atoms with Crippen molar-refractivity contribution < 1.29 is 28.6 Å². The van der Waals surface area contributed by atoms with Crippen LogP contribution in [0.3, 0.4) is 0 Å². The Morgan fingerprint density at radius 3 is 2.04 bits per heavy atom. The normalized spacial score (nSPS) is 11.0. The summed E-state index contributed by atoms with van der Waals surface area (Å²) in [5.41, 5.74) is -0.674. The van der Waals surface area contributed by atoms with E-state index >= 15 is 0 Å². The monoisotopic (exact) mass is 330 g/mol. The summed E-state index contributed by atoms with van der Waals surface area (Å²) < 4.78 is 14.0. The van der Waals surface area contributed by atoms with Crippen LogP contribution in [0.4, 0.5) is 4.79 Å². The van der Waals surface area contributed by atoms with Crippen LogP contribution in [0.1, 0.15) is 47.0 Å². The van der Waals surface area contributed by atoms with Crippen LogP contribution in [0.5, 0.6) is 0 Å². The van der Waals surface area contributed by atoms with E-state index in [2.05, 4.69) is 14.8 Å². The zero-order valence-electron chi connectivity index (χ0n) is 14.6. The van der Waals surface area contributed by atoms with Crippen molar-refractivity contribution in [3.05, 3.63) is 0 Å². The molecule has 0 fully saturated rings. The molecule has 0 saturated heterocycles. The number of nitrogens with one attached hydrogen (secondary N) is 1.